The standard InChI is InChI=1S/C23H43NO5/c25-20-16-14-12-10-8-6-4-2-1-3-5-7-9-11-13-15-19-24-21(23(28)29)17-18-22(26)27/h20-21,24H,1-19H2,(H,26,27)(H,28,29)/t21-/m1/s1. The van der Waals surface area contributed by atoms with E-state index in [1.165, 1.54) is 77.0 Å². The molecular weight excluding hydrogens is 370 g/mol. The predicted octanol–water partition coefficient (Wildman–Crippen LogP) is 5.33. The molecule has 1 atom stereocenters. The van der Waals surface area contributed by atoms with Gasteiger partial charge in [0.2, 0.25) is 0 Å². The minimum atomic E-state index is -0.971. The molecule has 0 radical (unpaired) electrons. The van der Waals surface area contributed by atoms with Gasteiger partial charge >= 0.3 is 11.9 Å². The smallest absolute Gasteiger partial charge is 0.320 e. The Bertz CT molecular complexity index is 414. The van der Waals surface area contributed by atoms with Crippen LogP contribution >= 0.6 is 0 Å². The van der Waals surface area contributed by atoms with Gasteiger partial charge in [-0.25, -0.2) is 0 Å². The van der Waals surface area contributed by atoms with Crippen molar-refractivity contribution >= 4 is 18.2 Å². The van der Waals surface area contributed by atoms with Gasteiger partial charge in [-0.1, -0.05) is 83.5 Å². The Morgan fingerprint density at radius 3 is 1.48 bits per heavy atom. The summed E-state index contributed by atoms with van der Waals surface area (Å²) in [5.74, 6) is -1.93. The lowest BCUT2D eigenvalue weighted by atomic mass is 10.0. The highest BCUT2D eigenvalue weighted by atomic mass is 16.4. The Hall–Kier alpha value is -1.43. The Kier molecular flexibility index (Phi) is 20.2. The number of aliphatic carboxylic acids is 2. The second-order valence-corrected chi connectivity index (χ2v) is 8.04. The Balaban J connectivity index is 3.27. The highest BCUT2D eigenvalue weighted by molar-refractivity contribution is 5.75. The molecule has 0 rings (SSSR count). The van der Waals surface area contributed by atoms with Gasteiger partial charge < -0.3 is 20.3 Å². The molecule has 29 heavy (non-hydrogen) atoms. The average molecular weight is 414 g/mol. The third-order valence-corrected chi connectivity index (χ3v) is 5.33. The van der Waals surface area contributed by atoms with Gasteiger partial charge in [0.1, 0.15) is 12.3 Å². The third-order valence-electron chi connectivity index (χ3n) is 5.33. The molecule has 0 bridgehead atoms. The van der Waals surface area contributed by atoms with Crippen molar-refractivity contribution in [2.45, 2.75) is 122 Å². The molecule has 6 nitrogen and oxygen atoms in total. The quantitative estimate of drug-likeness (QED) is 0.154. The molecule has 0 aromatic rings. The average Bonchev–Trinajstić information content (AvgIpc) is 2.68. The van der Waals surface area contributed by atoms with Crippen molar-refractivity contribution in [3.05, 3.63) is 0 Å². The molecule has 0 fully saturated rings. The highest BCUT2D eigenvalue weighted by Crippen LogP contribution is 2.13. The van der Waals surface area contributed by atoms with E-state index in [1.54, 1.807) is 0 Å². The summed E-state index contributed by atoms with van der Waals surface area (Å²) in [6.45, 7) is 0.633. The number of carbonyl (C=O) groups is 3. The zero-order valence-corrected chi connectivity index (χ0v) is 18.2. The molecule has 0 aliphatic rings. The lowest BCUT2D eigenvalue weighted by molar-refractivity contribution is -0.140. The van der Waals surface area contributed by atoms with E-state index in [9.17, 15) is 14.4 Å². The third kappa shape index (κ3) is 21.1. The summed E-state index contributed by atoms with van der Waals surface area (Å²) >= 11 is 0. The minimum Gasteiger partial charge on any atom is -0.481 e. The predicted molar refractivity (Wildman–Crippen MR) is 116 cm³/mol. The summed E-state index contributed by atoms with van der Waals surface area (Å²) in [6.07, 6.45) is 20.3. The fourth-order valence-corrected chi connectivity index (χ4v) is 3.51. The maximum atomic E-state index is 11.1. The molecule has 0 heterocycles. The van der Waals surface area contributed by atoms with Crippen LogP contribution in [0, 0.1) is 0 Å². The van der Waals surface area contributed by atoms with Crippen LogP contribution in [0.4, 0.5) is 0 Å². The van der Waals surface area contributed by atoms with E-state index < -0.39 is 18.0 Å². The molecule has 0 saturated carbocycles. The van der Waals surface area contributed by atoms with Crippen LogP contribution in [-0.4, -0.2) is 41.0 Å². The molecule has 6 heteroatoms. The number of unbranched alkanes of at least 4 members (excludes halogenated alkanes) is 15. The number of nitrogens with one attached hydrogen (secondary N) is 1. The molecular formula is C23H43NO5. The van der Waals surface area contributed by atoms with Crippen molar-refractivity contribution in [3.63, 3.8) is 0 Å². The summed E-state index contributed by atoms with van der Waals surface area (Å²) in [5.41, 5.74) is 0. The fourth-order valence-electron chi connectivity index (χ4n) is 3.51. The first-order valence-corrected chi connectivity index (χ1v) is 11.7. The largest absolute Gasteiger partial charge is 0.481 e. The van der Waals surface area contributed by atoms with E-state index in [2.05, 4.69) is 5.32 Å². The van der Waals surface area contributed by atoms with Crippen LogP contribution in [0.2, 0.25) is 0 Å². The van der Waals surface area contributed by atoms with Gasteiger partial charge in [-0.2, -0.15) is 0 Å². The van der Waals surface area contributed by atoms with Crippen LogP contribution in [-0.2, 0) is 14.4 Å². The topological polar surface area (TPSA) is 104 Å². The lowest BCUT2D eigenvalue weighted by Gasteiger charge is -2.13. The van der Waals surface area contributed by atoms with Gasteiger partial charge in [-0.15, -0.1) is 0 Å². The molecule has 0 aliphatic carbocycles. The second kappa shape index (κ2) is 21.3. The molecule has 0 aromatic heterocycles. The summed E-state index contributed by atoms with van der Waals surface area (Å²) in [4.78, 5) is 31.8. The highest BCUT2D eigenvalue weighted by Gasteiger charge is 2.17. The number of aldehydes is 1. The molecule has 0 amide bonds. The van der Waals surface area contributed by atoms with E-state index in [0.717, 1.165) is 32.0 Å². The Morgan fingerprint density at radius 1 is 0.690 bits per heavy atom. The van der Waals surface area contributed by atoms with Gasteiger partial charge in [-0.3, -0.25) is 9.59 Å². The Labute approximate surface area is 176 Å². The van der Waals surface area contributed by atoms with Crippen molar-refractivity contribution in [1.82, 2.24) is 5.32 Å². The van der Waals surface area contributed by atoms with E-state index in [-0.39, 0.29) is 12.8 Å². The number of hydrogen-bond donors (Lipinski definition) is 3. The maximum Gasteiger partial charge on any atom is 0.320 e. The number of carboxylic acids is 2. The first kappa shape index (κ1) is 27.6. The minimum absolute atomic E-state index is 0.119. The number of rotatable bonds is 23. The van der Waals surface area contributed by atoms with Gasteiger partial charge in [0.25, 0.3) is 0 Å². The Morgan fingerprint density at radius 2 is 1.10 bits per heavy atom. The number of carboxylic acid groups (broad SMARTS) is 2. The summed E-state index contributed by atoms with van der Waals surface area (Å²) < 4.78 is 0. The van der Waals surface area contributed by atoms with Gasteiger partial charge in [0, 0.05) is 12.8 Å². The first-order valence-electron chi connectivity index (χ1n) is 11.7. The zero-order chi connectivity index (χ0) is 21.6. The van der Waals surface area contributed by atoms with Crippen molar-refractivity contribution in [1.29, 1.82) is 0 Å². The summed E-state index contributed by atoms with van der Waals surface area (Å²) in [5, 5.41) is 20.7. The summed E-state index contributed by atoms with van der Waals surface area (Å²) in [6, 6.07) is -0.756. The molecule has 0 saturated heterocycles. The van der Waals surface area contributed by atoms with E-state index in [4.69, 9.17) is 10.2 Å². The van der Waals surface area contributed by atoms with Crippen LogP contribution in [0.5, 0.6) is 0 Å². The lowest BCUT2D eigenvalue weighted by Crippen LogP contribution is -2.37. The van der Waals surface area contributed by atoms with Crippen molar-refractivity contribution in [2.75, 3.05) is 6.54 Å². The van der Waals surface area contributed by atoms with E-state index in [0.29, 0.717) is 6.54 Å². The van der Waals surface area contributed by atoms with Crippen LogP contribution in [0.15, 0.2) is 0 Å². The monoisotopic (exact) mass is 413 g/mol. The van der Waals surface area contributed by atoms with E-state index in [1.807, 2.05) is 0 Å². The molecule has 3 N–H and O–H groups in total. The molecule has 170 valence electrons. The van der Waals surface area contributed by atoms with Gasteiger partial charge in [0.05, 0.1) is 0 Å². The van der Waals surface area contributed by atoms with Gasteiger partial charge in [-0.05, 0) is 25.8 Å². The van der Waals surface area contributed by atoms with Crippen LogP contribution < -0.4 is 5.32 Å². The van der Waals surface area contributed by atoms with Crippen LogP contribution in [0.25, 0.3) is 0 Å². The van der Waals surface area contributed by atoms with Crippen LogP contribution in [0.1, 0.15) is 116 Å². The van der Waals surface area contributed by atoms with Crippen molar-refractivity contribution in [2.24, 2.45) is 0 Å². The number of hydrogen-bond acceptors (Lipinski definition) is 4. The SMILES string of the molecule is O=CCCCCCCCCCCCCCCCCCN[C@H](CCC(=O)O)C(=O)O. The van der Waals surface area contributed by atoms with Gasteiger partial charge in [0.15, 0.2) is 0 Å². The summed E-state index contributed by atoms with van der Waals surface area (Å²) in [7, 11) is 0. The van der Waals surface area contributed by atoms with Crippen molar-refractivity contribution < 1.29 is 24.6 Å². The molecule has 0 spiro atoms. The van der Waals surface area contributed by atoms with Crippen LogP contribution in [0.3, 0.4) is 0 Å². The van der Waals surface area contributed by atoms with Crippen molar-refractivity contribution in [3.8, 4) is 0 Å². The molecule has 0 aliphatic heterocycles. The maximum absolute atomic E-state index is 11.1. The van der Waals surface area contributed by atoms with E-state index >= 15 is 0 Å². The molecule has 0 aromatic carbocycles. The first-order chi connectivity index (χ1) is 14.1. The number of carbonyl (C=O) groups excluding carboxylic acids is 1. The molecule has 0 unspecified atom stereocenters. The normalized spacial score (nSPS) is 12.0. The zero-order valence-electron chi connectivity index (χ0n) is 18.2. The second-order valence-electron chi connectivity index (χ2n) is 8.04. The fraction of sp³-hybridized carbons (Fsp3) is 0.870.